The van der Waals surface area contributed by atoms with Crippen molar-refractivity contribution in [1.29, 1.82) is 0 Å². The lowest BCUT2D eigenvalue weighted by atomic mass is 9.78. The van der Waals surface area contributed by atoms with Crippen LogP contribution < -0.4 is 0 Å². The molecule has 0 spiro atoms. The fourth-order valence-electron chi connectivity index (χ4n) is 4.97. The van der Waals surface area contributed by atoms with Crippen molar-refractivity contribution in [2.75, 3.05) is 7.05 Å². The van der Waals surface area contributed by atoms with Gasteiger partial charge < -0.3 is 4.90 Å². The van der Waals surface area contributed by atoms with Crippen LogP contribution in [0.1, 0.15) is 64.4 Å². The Balaban J connectivity index is 1.77. The molecule has 1 atom stereocenters. The summed E-state index contributed by atoms with van der Waals surface area (Å²) < 4.78 is 43.2. The molecule has 33 heavy (non-hydrogen) atoms. The summed E-state index contributed by atoms with van der Waals surface area (Å²) in [4.78, 5) is 41.9. The van der Waals surface area contributed by atoms with Crippen LogP contribution in [0.4, 0.5) is 13.2 Å². The van der Waals surface area contributed by atoms with Crippen LogP contribution in [-0.4, -0.2) is 46.3 Å². The van der Waals surface area contributed by atoms with Crippen LogP contribution in [0.3, 0.4) is 0 Å². The number of benzene rings is 2. The Bertz CT molecular complexity index is 1060. The second-order valence-corrected chi connectivity index (χ2v) is 9.41. The van der Waals surface area contributed by atoms with Crippen LogP contribution >= 0.6 is 15.9 Å². The van der Waals surface area contributed by atoms with Gasteiger partial charge in [0.05, 0.1) is 11.1 Å². The molecular weight excluding hydrogens is 501 g/mol. The van der Waals surface area contributed by atoms with E-state index in [9.17, 15) is 27.6 Å². The first-order valence-corrected chi connectivity index (χ1v) is 11.4. The Morgan fingerprint density at radius 3 is 1.97 bits per heavy atom. The summed E-state index contributed by atoms with van der Waals surface area (Å²) in [5.74, 6) is -2.14. The van der Waals surface area contributed by atoms with Gasteiger partial charge in [-0.05, 0) is 42.7 Å². The number of halogens is 4. The van der Waals surface area contributed by atoms with Gasteiger partial charge in [-0.2, -0.15) is 13.2 Å². The van der Waals surface area contributed by atoms with Gasteiger partial charge in [-0.3, -0.25) is 19.3 Å². The summed E-state index contributed by atoms with van der Waals surface area (Å²) in [6.07, 6.45) is -2.66. The number of hydrogen-bond donors (Lipinski definition) is 0. The van der Waals surface area contributed by atoms with Crippen molar-refractivity contribution in [2.45, 2.75) is 49.9 Å². The number of carbonyl (C=O) groups excluding carboxylic acids is 3. The highest BCUT2D eigenvalue weighted by molar-refractivity contribution is 9.10. The number of rotatable bonds is 4. The third-order valence-corrected chi connectivity index (χ3v) is 7.03. The molecule has 174 valence electrons. The van der Waals surface area contributed by atoms with Crippen LogP contribution in [-0.2, 0) is 4.79 Å². The van der Waals surface area contributed by atoms with E-state index < -0.39 is 35.5 Å². The summed E-state index contributed by atoms with van der Waals surface area (Å²) in [6.45, 7) is 0. The van der Waals surface area contributed by atoms with E-state index in [4.69, 9.17) is 0 Å². The van der Waals surface area contributed by atoms with E-state index >= 15 is 0 Å². The molecule has 4 rings (SSSR count). The lowest BCUT2D eigenvalue weighted by molar-refractivity contribution is -0.193. The minimum Gasteiger partial charge on any atom is -0.328 e. The Kier molecular flexibility index (Phi) is 6.11. The van der Waals surface area contributed by atoms with Gasteiger partial charge in [-0.25, -0.2) is 0 Å². The third-order valence-electron chi connectivity index (χ3n) is 6.50. The number of nitrogens with zero attached hydrogens (tertiary/aromatic N) is 2. The lowest BCUT2D eigenvalue weighted by Gasteiger charge is -2.45. The molecule has 3 amide bonds. The minimum absolute atomic E-state index is 0.102. The smallest absolute Gasteiger partial charge is 0.328 e. The second-order valence-electron chi connectivity index (χ2n) is 8.50. The van der Waals surface area contributed by atoms with Gasteiger partial charge in [-0.15, -0.1) is 0 Å². The second kappa shape index (κ2) is 8.59. The first-order chi connectivity index (χ1) is 15.6. The number of fused-ring (bicyclic) bond motifs is 1. The molecule has 1 aliphatic carbocycles. The van der Waals surface area contributed by atoms with Gasteiger partial charge in [0.1, 0.15) is 5.54 Å². The van der Waals surface area contributed by atoms with E-state index in [1.807, 2.05) is 0 Å². The molecule has 2 aliphatic rings. The van der Waals surface area contributed by atoms with Crippen LogP contribution in [0.5, 0.6) is 0 Å². The number of hydrogen-bond acceptors (Lipinski definition) is 3. The normalized spacial score (nSPS) is 18.8. The van der Waals surface area contributed by atoms with Crippen molar-refractivity contribution in [3.63, 3.8) is 0 Å². The molecule has 0 N–H and O–H groups in total. The monoisotopic (exact) mass is 522 g/mol. The summed E-state index contributed by atoms with van der Waals surface area (Å²) in [5, 5.41) is 0. The first-order valence-electron chi connectivity index (χ1n) is 10.7. The molecule has 9 heteroatoms. The van der Waals surface area contributed by atoms with E-state index in [0.717, 1.165) is 18.4 Å². The van der Waals surface area contributed by atoms with E-state index in [1.165, 1.54) is 36.4 Å². The number of carbonyl (C=O) groups is 3. The molecule has 0 saturated heterocycles. The molecule has 0 bridgehead atoms. The van der Waals surface area contributed by atoms with Crippen molar-refractivity contribution in [1.82, 2.24) is 9.80 Å². The Hall–Kier alpha value is -2.68. The van der Waals surface area contributed by atoms with Crippen LogP contribution in [0.15, 0.2) is 53.0 Å². The van der Waals surface area contributed by atoms with Crippen molar-refractivity contribution in [3.8, 4) is 0 Å². The Morgan fingerprint density at radius 2 is 1.48 bits per heavy atom. The SMILES string of the molecule is CN(C(=O)C1(N2C(=O)c3ccccc3C2=O)CCCCC1)[C@@H](c1ccc(Br)cc1)C(F)(F)F. The highest BCUT2D eigenvalue weighted by Crippen LogP contribution is 2.44. The third kappa shape index (κ3) is 3.96. The molecular formula is C24H22BrF3N2O3. The molecule has 1 saturated carbocycles. The molecule has 1 fully saturated rings. The number of imide groups is 1. The van der Waals surface area contributed by atoms with Crippen molar-refractivity contribution in [3.05, 3.63) is 69.7 Å². The quantitative estimate of drug-likeness (QED) is 0.497. The van der Waals surface area contributed by atoms with E-state index in [2.05, 4.69) is 15.9 Å². The van der Waals surface area contributed by atoms with Gasteiger partial charge in [-0.1, -0.05) is 59.5 Å². The molecule has 0 radical (unpaired) electrons. The minimum atomic E-state index is -4.75. The highest BCUT2D eigenvalue weighted by atomic mass is 79.9. The zero-order valence-corrected chi connectivity index (χ0v) is 19.4. The first kappa shape index (κ1) is 23.5. The largest absolute Gasteiger partial charge is 0.413 e. The van der Waals surface area contributed by atoms with Crippen molar-refractivity contribution < 1.29 is 27.6 Å². The summed E-state index contributed by atoms with van der Waals surface area (Å²) in [7, 11) is 1.09. The number of alkyl halides is 3. The number of amides is 3. The Labute approximate surface area is 197 Å². The van der Waals surface area contributed by atoms with Crippen molar-refractivity contribution in [2.24, 2.45) is 0 Å². The van der Waals surface area contributed by atoms with Gasteiger partial charge in [0.15, 0.2) is 6.04 Å². The molecule has 2 aromatic carbocycles. The highest BCUT2D eigenvalue weighted by Gasteiger charge is 2.57. The maximum absolute atomic E-state index is 14.2. The molecule has 0 unspecified atom stereocenters. The van der Waals surface area contributed by atoms with E-state index in [1.54, 1.807) is 12.1 Å². The summed E-state index contributed by atoms with van der Waals surface area (Å²) in [5.41, 5.74) is -1.42. The maximum Gasteiger partial charge on any atom is 0.413 e. The average molecular weight is 523 g/mol. The fraction of sp³-hybridized carbons (Fsp3) is 0.375. The van der Waals surface area contributed by atoms with Gasteiger partial charge >= 0.3 is 6.18 Å². The molecule has 0 aromatic heterocycles. The van der Waals surface area contributed by atoms with Crippen LogP contribution in [0.25, 0.3) is 0 Å². The predicted molar refractivity (Wildman–Crippen MR) is 118 cm³/mol. The van der Waals surface area contributed by atoms with Gasteiger partial charge in [0.2, 0.25) is 5.91 Å². The van der Waals surface area contributed by atoms with Crippen LogP contribution in [0.2, 0.25) is 0 Å². The Morgan fingerprint density at radius 1 is 0.970 bits per heavy atom. The number of likely N-dealkylation sites (N-methyl/N-ethyl adjacent to an activating group) is 1. The van der Waals surface area contributed by atoms with E-state index in [0.29, 0.717) is 22.2 Å². The van der Waals surface area contributed by atoms with Gasteiger partial charge in [0, 0.05) is 11.5 Å². The molecule has 5 nitrogen and oxygen atoms in total. The molecule has 1 aliphatic heterocycles. The zero-order chi connectivity index (χ0) is 24.0. The topological polar surface area (TPSA) is 57.7 Å². The molecule has 2 aromatic rings. The van der Waals surface area contributed by atoms with E-state index in [-0.39, 0.29) is 29.5 Å². The van der Waals surface area contributed by atoms with Crippen molar-refractivity contribution >= 4 is 33.7 Å². The predicted octanol–water partition coefficient (Wildman–Crippen LogP) is 5.51. The van der Waals surface area contributed by atoms with Gasteiger partial charge in [0.25, 0.3) is 11.8 Å². The standard InChI is InChI=1S/C24H22BrF3N2O3/c1-29(19(24(26,27)28)15-9-11-16(25)12-10-15)22(33)23(13-5-2-6-14-23)30-20(31)17-7-3-4-8-18(17)21(30)32/h3-4,7-12,19H,2,5-6,13-14H2,1H3/t19-/m0/s1. The zero-order valence-electron chi connectivity index (χ0n) is 17.9. The summed E-state index contributed by atoms with van der Waals surface area (Å²) in [6, 6.07) is 9.58. The summed E-state index contributed by atoms with van der Waals surface area (Å²) >= 11 is 3.21. The maximum atomic E-state index is 14.2. The molecule has 1 heterocycles. The lowest BCUT2D eigenvalue weighted by Crippen LogP contribution is -2.63. The average Bonchev–Trinajstić information content (AvgIpc) is 3.05. The fourth-order valence-corrected chi connectivity index (χ4v) is 5.23. The van der Waals surface area contributed by atoms with Crippen LogP contribution in [0, 0.1) is 0 Å².